The molecule has 17 heavy (non-hydrogen) atoms. The van der Waals surface area contributed by atoms with Crippen LogP contribution in [0.5, 0.6) is 0 Å². The molecular weight excluding hydrogens is 296 g/mol. The third-order valence-corrected chi connectivity index (χ3v) is 2.89. The van der Waals surface area contributed by atoms with Gasteiger partial charge in [-0.3, -0.25) is 0 Å². The molecule has 2 rings (SSSR count). The quantitative estimate of drug-likeness (QED) is 0.403. The van der Waals surface area contributed by atoms with Crippen LogP contribution in [-0.4, -0.2) is 9.43 Å². The maximum absolute atomic E-state index is 5.42. The first-order valence-corrected chi connectivity index (χ1v) is 5.67. The van der Waals surface area contributed by atoms with Gasteiger partial charge >= 0.3 is 0 Å². The smallest absolute Gasteiger partial charge is 0.243 e. The molecule has 0 unspecified atom stereocenters. The molecule has 0 aliphatic rings. The van der Waals surface area contributed by atoms with E-state index in [9.17, 15) is 0 Å². The number of rotatable bonds is 3. The van der Waals surface area contributed by atoms with Crippen LogP contribution in [0, 0.1) is 6.92 Å². The number of halogens is 1. The maximum Gasteiger partial charge on any atom is 0.243 e. The largest absolute Gasteiger partial charge is 1.00 e. The molecule has 90 valence electrons. The van der Waals surface area contributed by atoms with Crippen LogP contribution in [0.25, 0.3) is 0 Å². The first-order valence-electron chi connectivity index (χ1n) is 5.26. The monoisotopic (exact) mass is 310 g/mol. The van der Waals surface area contributed by atoms with Crippen LogP contribution in [0.3, 0.4) is 0 Å². The standard InChI is InChI=1S/C13H15N2S.BrH/c1-11-3-5-12(6-4-11)13(16)9-15-8-7-14(2)10-15;/h3-8,10H,9H2,1-2H3;1H/q+1;/p-1. The zero-order chi connectivity index (χ0) is 11.5. The Balaban J connectivity index is 0.00000144. The van der Waals surface area contributed by atoms with Gasteiger partial charge in [0.05, 0.1) is 11.9 Å². The zero-order valence-corrected chi connectivity index (χ0v) is 12.3. The highest BCUT2D eigenvalue weighted by molar-refractivity contribution is 7.80. The van der Waals surface area contributed by atoms with Crippen molar-refractivity contribution in [2.75, 3.05) is 0 Å². The van der Waals surface area contributed by atoms with Crippen molar-refractivity contribution in [3.05, 3.63) is 54.1 Å². The molecule has 2 aromatic rings. The van der Waals surface area contributed by atoms with Gasteiger partial charge in [0.2, 0.25) is 6.33 Å². The lowest BCUT2D eigenvalue weighted by Crippen LogP contribution is -3.00. The van der Waals surface area contributed by atoms with E-state index in [0.717, 1.165) is 17.0 Å². The molecule has 0 aliphatic carbocycles. The SMILES string of the molecule is Cc1ccc(C(=S)C[n+]2ccn(C)c2)cc1.[Br-]. The van der Waals surface area contributed by atoms with Crippen molar-refractivity contribution in [3.63, 3.8) is 0 Å². The fourth-order valence-corrected chi connectivity index (χ4v) is 1.88. The van der Waals surface area contributed by atoms with Crippen molar-refractivity contribution in [1.82, 2.24) is 4.57 Å². The minimum Gasteiger partial charge on any atom is -1.00 e. The highest BCUT2D eigenvalue weighted by atomic mass is 79.9. The molecule has 2 nitrogen and oxygen atoms in total. The predicted molar refractivity (Wildman–Crippen MR) is 68.5 cm³/mol. The van der Waals surface area contributed by atoms with E-state index < -0.39 is 0 Å². The summed E-state index contributed by atoms with van der Waals surface area (Å²) < 4.78 is 4.10. The minimum atomic E-state index is 0. The van der Waals surface area contributed by atoms with Crippen molar-refractivity contribution in [2.24, 2.45) is 7.05 Å². The highest BCUT2D eigenvalue weighted by Crippen LogP contribution is 2.05. The lowest BCUT2D eigenvalue weighted by Gasteiger charge is -2.01. The molecule has 0 amide bonds. The number of hydrogen-bond donors (Lipinski definition) is 0. The third kappa shape index (κ3) is 3.75. The Labute approximate surface area is 118 Å². The summed E-state index contributed by atoms with van der Waals surface area (Å²) in [6.07, 6.45) is 6.07. The molecule has 0 bridgehead atoms. The molecule has 0 saturated carbocycles. The number of aryl methyl sites for hydroxylation is 2. The predicted octanol–water partition coefficient (Wildman–Crippen LogP) is -0.957. The van der Waals surface area contributed by atoms with E-state index in [2.05, 4.69) is 35.8 Å². The van der Waals surface area contributed by atoms with Crippen LogP contribution in [0.15, 0.2) is 43.0 Å². The van der Waals surface area contributed by atoms with Crippen molar-refractivity contribution in [2.45, 2.75) is 13.5 Å². The summed E-state index contributed by atoms with van der Waals surface area (Å²) in [7, 11) is 2.01. The summed E-state index contributed by atoms with van der Waals surface area (Å²) in [5.74, 6) is 0. The van der Waals surface area contributed by atoms with Crippen molar-refractivity contribution >= 4 is 17.1 Å². The Morgan fingerprint density at radius 3 is 2.47 bits per heavy atom. The van der Waals surface area contributed by atoms with Crippen LogP contribution >= 0.6 is 12.2 Å². The van der Waals surface area contributed by atoms with E-state index in [1.54, 1.807) is 0 Å². The lowest BCUT2D eigenvalue weighted by molar-refractivity contribution is -0.680. The van der Waals surface area contributed by atoms with Gasteiger partial charge in [0.15, 0.2) is 0 Å². The van der Waals surface area contributed by atoms with E-state index in [-0.39, 0.29) is 17.0 Å². The normalized spacial score (nSPS) is 9.76. The molecular formula is C13H15BrN2S. The van der Waals surface area contributed by atoms with Gasteiger partial charge in [0, 0.05) is 0 Å². The highest BCUT2D eigenvalue weighted by Gasteiger charge is 2.06. The molecule has 0 spiro atoms. The molecule has 0 atom stereocenters. The summed E-state index contributed by atoms with van der Waals surface area (Å²) in [5, 5.41) is 0. The molecule has 1 heterocycles. The third-order valence-electron chi connectivity index (χ3n) is 2.52. The van der Waals surface area contributed by atoms with Crippen molar-refractivity contribution in [3.8, 4) is 0 Å². The Kier molecular flexibility index (Phi) is 5.02. The van der Waals surface area contributed by atoms with Gasteiger partial charge in [-0.1, -0.05) is 42.0 Å². The van der Waals surface area contributed by atoms with E-state index in [1.807, 2.05) is 30.3 Å². The van der Waals surface area contributed by atoms with Crippen molar-refractivity contribution in [1.29, 1.82) is 0 Å². The maximum atomic E-state index is 5.42. The average molecular weight is 311 g/mol. The Morgan fingerprint density at radius 1 is 1.29 bits per heavy atom. The average Bonchev–Trinajstić information content (AvgIpc) is 2.65. The molecule has 0 N–H and O–H groups in total. The van der Waals surface area contributed by atoms with Gasteiger partial charge < -0.3 is 17.0 Å². The molecule has 0 saturated heterocycles. The Bertz CT molecular complexity index is 502. The second-order valence-electron chi connectivity index (χ2n) is 4.04. The summed E-state index contributed by atoms with van der Waals surface area (Å²) in [5.41, 5.74) is 2.40. The number of thiocarbonyl (C=S) groups is 1. The summed E-state index contributed by atoms with van der Waals surface area (Å²) in [4.78, 5) is 0.969. The number of benzene rings is 1. The fraction of sp³-hybridized carbons (Fsp3) is 0.231. The van der Waals surface area contributed by atoms with Crippen molar-refractivity contribution < 1.29 is 21.5 Å². The fourth-order valence-electron chi connectivity index (χ4n) is 1.59. The second-order valence-corrected chi connectivity index (χ2v) is 4.53. The number of nitrogens with zero attached hydrogens (tertiary/aromatic N) is 2. The second kappa shape index (κ2) is 6.07. The Morgan fingerprint density at radius 2 is 1.94 bits per heavy atom. The van der Waals surface area contributed by atoms with Gasteiger partial charge in [-0.15, -0.1) is 0 Å². The zero-order valence-electron chi connectivity index (χ0n) is 9.93. The minimum absolute atomic E-state index is 0. The van der Waals surface area contributed by atoms with Gasteiger partial charge in [0.1, 0.15) is 18.9 Å². The summed E-state index contributed by atoms with van der Waals surface area (Å²) >= 11 is 5.42. The van der Waals surface area contributed by atoms with Crippen LogP contribution in [0.4, 0.5) is 0 Å². The molecule has 1 aromatic carbocycles. The molecule has 1 aromatic heterocycles. The molecule has 4 heteroatoms. The molecule has 0 radical (unpaired) electrons. The van der Waals surface area contributed by atoms with Crippen LogP contribution in [-0.2, 0) is 13.6 Å². The first kappa shape index (κ1) is 14.1. The van der Waals surface area contributed by atoms with Gasteiger partial charge in [-0.05, 0) is 12.5 Å². The summed E-state index contributed by atoms with van der Waals surface area (Å²) in [6.45, 7) is 2.85. The van der Waals surface area contributed by atoms with E-state index >= 15 is 0 Å². The van der Waals surface area contributed by atoms with Crippen LogP contribution < -0.4 is 21.5 Å². The van der Waals surface area contributed by atoms with E-state index in [4.69, 9.17) is 12.2 Å². The van der Waals surface area contributed by atoms with E-state index in [0.29, 0.717) is 0 Å². The topological polar surface area (TPSA) is 8.81 Å². The first-order chi connectivity index (χ1) is 7.65. The number of hydrogen-bond acceptors (Lipinski definition) is 1. The lowest BCUT2D eigenvalue weighted by atomic mass is 10.1. The summed E-state index contributed by atoms with van der Waals surface area (Å²) in [6, 6.07) is 8.36. The van der Waals surface area contributed by atoms with E-state index in [1.165, 1.54) is 5.56 Å². The van der Waals surface area contributed by atoms with Gasteiger partial charge in [-0.25, -0.2) is 9.13 Å². The number of aromatic nitrogens is 2. The molecule has 0 aliphatic heterocycles. The Hall–Kier alpha value is -1.00. The van der Waals surface area contributed by atoms with Gasteiger partial charge in [-0.2, -0.15) is 0 Å². The van der Waals surface area contributed by atoms with Crippen LogP contribution in [0.1, 0.15) is 11.1 Å². The van der Waals surface area contributed by atoms with Gasteiger partial charge in [0.25, 0.3) is 0 Å². The van der Waals surface area contributed by atoms with Crippen LogP contribution in [0.2, 0.25) is 0 Å². The molecule has 0 fully saturated rings. The number of imidazole rings is 1.